The molecule has 0 fully saturated rings. The third kappa shape index (κ3) is 4.21. The van der Waals surface area contributed by atoms with Gasteiger partial charge in [0, 0.05) is 5.56 Å². The predicted molar refractivity (Wildman–Crippen MR) is 126 cm³/mol. The van der Waals surface area contributed by atoms with Crippen LogP contribution in [0.1, 0.15) is 31.0 Å². The Kier molecular flexibility index (Phi) is 6.46. The summed E-state index contributed by atoms with van der Waals surface area (Å²) in [5.74, 6) is 0.859. The van der Waals surface area contributed by atoms with E-state index in [-0.39, 0.29) is 12.2 Å². The summed E-state index contributed by atoms with van der Waals surface area (Å²) >= 11 is 1.27. The number of aromatic nitrogens is 1. The predicted octanol–water partition coefficient (Wildman–Crippen LogP) is 2.82. The zero-order chi connectivity index (χ0) is 23.5. The van der Waals surface area contributed by atoms with Gasteiger partial charge in [0.15, 0.2) is 4.80 Å². The van der Waals surface area contributed by atoms with Crippen LogP contribution in [0.3, 0.4) is 0 Å². The summed E-state index contributed by atoms with van der Waals surface area (Å²) < 4.78 is 18.1. The van der Waals surface area contributed by atoms with E-state index in [0.717, 1.165) is 11.1 Å². The minimum Gasteiger partial charge on any atom is -0.497 e. The van der Waals surface area contributed by atoms with E-state index in [1.807, 2.05) is 36.4 Å². The van der Waals surface area contributed by atoms with Crippen molar-refractivity contribution in [1.82, 2.24) is 4.57 Å². The average molecular weight is 465 g/mol. The molecule has 0 saturated carbocycles. The van der Waals surface area contributed by atoms with E-state index < -0.39 is 12.0 Å². The minimum absolute atomic E-state index is 0.225. The number of methoxy groups -OCH3 is 2. The number of esters is 1. The molecule has 3 aromatic rings. The highest BCUT2D eigenvalue weighted by molar-refractivity contribution is 7.07. The molecule has 0 spiro atoms. The van der Waals surface area contributed by atoms with Crippen molar-refractivity contribution in [3.63, 3.8) is 0 Å². The molecule has 170 valence electrons. The second kappa shape index (κ2) is 9.46. The van der Waals surface area contributed by atoms with Gasteiger partial charge < -0.3 is 14.2 Å². The van der Waals surface area contributed by atoms with Gasteiger partial charge in [-0.3, -0.25) is 9.36 Å². The normalized spacial score (nSPS) is 15.6. The van der Waals surface area contributed by atoms with Crippen LogP contribution in [0.5, 0.6) is 11.5 Å². The quantitative estimate of drug-likeness (QED) is 0.524. The SMILES string of the molecule is CCOC(=O)C1=C(C)N=c2s/c(=C\c3ccccc3OC)c(=O)n2C1c1ccc(OC)cc1. The molecule has 1 aromatic heterocycles. The molecule has 0 N–H and O–H groups in total. The summed E-state index contributed by atoms with van der Waals surface area (Å²) in [5.41, 5.74) is 2.18. The van der Waals surface area contributed by atoms with Crippen molar-refractivity contribution in [2.45, 2.75) is 19.9 Å². The first-order valence-corrected chi connectivity index (χ1v) is 11.3. The maximum Gasteiger partial charge on any atom is 0.338 e. The van der Waals surface area contributed by atoms with E-state index in [2.05, 4.69) is 4.99 Å². The third-order valence-electron chi connectivity index (χ3n) is 5.37. The molecular formula is C25H24N2O5S. The molecule has 33 heavy (non-hydrogen) atoms. The lowest BCUT2D eigenvalue weighted by Crippen LogP contribution is -2.39. The van der Waals surface area contributed by atoms with Crippen molar-refractivity contribution in [1.29, 1.82) is 0 Å². The van der Waals surface area contributed by atoms with Crippen molar-refractivity contribution in [3.05, 3.63) is 90.6 Å². The molecule has 2 aromatic carbocycles. The number of fused-ring (bicyclic) bond motifs is 1. The van der Waals surface area contributed by atoms with Gasteiger partial charge in [0.2, 0.25) is 0 Å². The highest BCUT2D eigenvalue weighted by Gasteiger charge is 2.33. The number of hydrogen-bond acceptors (Lipinski definition) is 7. The van der Waals surface area contributed by atoms with Crippen molar-refractivity contribution < 1.29 is 19.0 Å². The summed E-state index contributed by atoms with van der Waals surface area (Å²) in [7, 11) is 3.18. The van der Waals surface area contributed by atoms with Crippen molar-refractivity contribution in [2.24, 2.45) is 4.99 Å². The molecule has 1 atom stereocenters. The molecule has 0 amide bonds. The van der Waals surface area contributed by atoms with Crippen LogP contribution in [0.2, 0.25) is 0 Å². The minimum atomic E-state index is -0.661. The van der Waals surface area contributed by atoms with Gasteiger partial charge in [-0.05, 0) is 43.7 Å². The lowest BCUT2D eigenvalue weighted by molar-refractivity contribution is -0.139. The number of allylic oxidation sites excluding steroid dienone is 1. The fraction of sp³-hybridized carbons (Fsp3) is 0.240. The lowest BCUT2D eigenvalue weighted by Gasteiger charge is -2.24. The van der Waals surface area contributed by atoms with Gasteiger partial charge in [0.05, 0.1) is 42.7 Å². The van der Waals surface area contributed by atoms with E-state index in [4.69, 9.17) is 14.2 Å². The van der Waals surface area contributed by atoms with Crippen molar-refractivity contribution in [3.8, 4) is 11.5 Å². The topological polar surface area (TPSA) is 79.1 Å². The van der Waals surface area contributed by atoms with Crippen LogP contribution in [0, 0.1) is 0 Å². The summed E-state index contributed by atoms with van der Waals surface area (Å²) in [6.45, 7) is 3.74. The van der Waals surface area contributed by atoms with E-state index in [0.29, 0.717) is 32.1 Å². The van der Waals surface area contributed by atoms with Gasteiger partial charge in [-0.1, -0.05) is 41.7 Å². The monoisotopic (exact) mass is 464 g/mol. The van der Waals surface area contributed by atoms with E-state index >= 15 is 0 Å². The van der Waals surface area contributed by atoms with Crippen LogP contribution in [0.15, 0.2) is 69.6 Å². The zero-order valence-electron chi connectivity index (χ0n) is 18.8. The lowest BCUT2D eigenvalue weighted by atomic mass is 9.96. The number of benzene rings is 2. The molecule has 7 nitrogen and oxygen atoms in total. The molecule has 4 rings (SSSR count). The molecule has 8 heteroatoms. The second-order valence-corrected chi connectivity index (χ2v) is 8.33. The summed E-state index contributed by atoms with van der Waals surface area (Å²) in [6, 6.07) is 14.1. The Hall–Kier alpha value is -3.65. The largest absolute Gasteiger partial charge is 0.497 e. The van der Waals surface area contributed by atoms with Crippen molar-refractivity contribution >= 4 is 23.4 Å². The molecular weight excluding hydrogens is 440 g/mol. The Morgan fingerprint density at radius 1 is 1.12 bits per heavy atom. The summed E-state index contributed by atoms with van der Waals surface area (Å²) in [5, 5.41) is 0. The summed E-state index contributed by atoms with van der Waals surface area (Å²) in [6.07, 6.45) is 1.79. The van der Waals surface area contributed by atoms with Gasteiger partial charge in [-0.25, -0.2) is 9.79 Å². The van der Waals surface area contributed by atoms with E-state index in [1.54, 1.807) is 50.8 Å². The van der Waals surface area contributed by atoms with Crippen LogP contribution in [-0.4, -0.2) is 31.4 Å². The van der Waals surface area contributed by atoms with Gasteiger partial charge in [-0.15, -0.1) is 0 Å². The summed E-state index contributed by atoms with van der Waals surface area (Å²) in [4.78, 5) is 31.6. The fourth-order valence-electron chi connectivity index (χ4n) is 3.82. The highest BCUT2D eigenvalue weighted by atomic mass is 32.1. The number of nitrogens with zero attached hydrogens (tertiary/aromatic N) is 2. The van der Waals surface area contributed by atoms with E-state index in [1.165, 1.54) is 11.3 Å². The standard InChI is InChI=1S/C25H24N2O5S/c1-5-32-24(29)21-15(2)26-25-27(22(21)16-10-12-18(30-3)13-11-16)23(28)20(33-25)14-17-8-6-7-9-19(17)31-4/h6-14,22H,5H2,1-4H3/b20-14-. The van der Waals surface area contributed by atoms with Crippen LogP contribution < -0.4 is 24.4 Å². The Bertz CT molecular complexity index is 1400. The molecule has 0 saturated heterocycles. The number of hydrogen-bond donors (Lipinski definition) is 0. The first kappa shape index (κ1) is 22.5. The van der Waals surface area contributed by atoms with Gasteiger partial charge in [0.25, 0.3) is 5.56 Å². The Balaban J connectivity index is 1.95. The molecule has 1 unspecified atom stereocenters. The third-order valence-corrected chi connectivity index (χ3v) is 6.36. The Morgan fingerprint density at radius 2 is 1.85 bits per heavy atom. The van der Waals surface area contributed by atoms with Crippen LogP contribution >= 0.6 is 11.3 Å². The average Bonchev–Trinajstić information content (AvgIpc) is 3.13. The first-order chi connectivity index (χ1) is 16.0. The molecule has 0 aliphatic carbocycles. The van der Waals surface area contributed by atoms with Crippen LogP contribution in [0.4, 0.5) is 0 Å². The molecule has 2 heterocycles. The maximum atomic E-state index is 13.6. The smallest absolute Gasteiger partial charge is 0.338 e. The number of carbonyl (C=O) groups excluding carboxylic acids is 1. The van der Waals surface area contributed by atoms with Crippen molar-refractivity contribution in [2.75, 3.05) is 20.8 Å². The highest BCUT2D eigenvalue weighted by Crippen LogP contribution is 2.31. The van der Waals surface area contributed by atoms with Gasteiger partial charge in [0.1, 0.15) is 11.5 Å². The van der Waals surface area contributed by atoms with Crippen LogP contribution in [0.25, 0.3) is 6.08 Å². The maximum absolute atomic E-state index is 13.6. The first-order valence-electron chi connectivity index (χ1n) is 10.4. The molecule has 1 aliphatic rings. The molecule has 0 radical (unpaired) electrons. The number of ether oxygens (including phenoxy) is 3. The Morgan fingerprint density at radius 3 is 2.52 bits per heavy atom. The number of thiazole rings is 1. The molecule has 0 bridgehead atoms. The number of para-hydroxylation sites is 1. The zero-order valence-corrected chi connectivity index (χ0v) is 19.6. The number of carbonyl (C=O) groups is 1. The van der Waals surface area contributed by atoms with E-state index in [9.17, 15) is 9.59 Å². The van der Waals surface area contributed by atoms with Gasteiger partial charge in [-0.2, -0.15) is 0 Å². The Labute approximate surface area is 194 Å². The molecule has 1 aliphatic heterocycles. The van der Waals surface area contributed by atoms with Gasteiger partial charge >= 0.3 is 5.97 Å². The van der Waals surface area contributed by atoms with Crippen LogP contribution in [-0.2, 0) is 9.53 Å². The second-order valence-electron chi connectivity index (χ2n) is 7.32. The fourth-order valence-corrected chi connectivity index (χ4v) is 4.86. The number of rotatable bonds is 6.